The molecule has 0 aliphatic carbocycles. The van der Waals surface area contributed by atoms with Crippen molar-refractivity contribution in [1.29, 1.82) is 0 Å². The Morgan fingerprint density at radius 2 is 1.90 bits per heavy atom. The van der Waals surface area contributed by atoms with Crippen molar-refractivity contribution in [2.45, 2.75) is 26.3 Å². The van der Waals surface area contributed by atoms with E-state index in [2.05, 4.69) is 5.32 Å². The first-order chi connectivity index (χ1) is 4.49. The van der Waals surface area contributed by atoms with Gasteiger partial charge in [0.05, 0.1) is 0 Å². The summed E-state index contributed by atoms with van der Waals surface area (Å²) in [6.07, 6.45) is 0. The lowest BCUT2D eigenvalue weighted by Gasteiger charge is -2.20. The van der Waals surface area contributed by atoms with Gasteiger partial charge in [0.25, 0.3) is 0 Å². The predicted molar refractivity (Wildman–Crippen MR) is 39.9 cm³/mol. The third-order valence-electron chi connectivity index (χ3n) is 1.22. The van der Waals surface area contributed by atoms with Crippen molar-refractivity contribution < 1.29 is 4.79 Å². The standard InChI is InChI=1S/C7H14N2O/c1-7(2,3)8-6(10)9-4-5-9/h4-5H2,1-3H3,(H,8,10). The Hall–Kier alpha value is -0.730. The molecule has 1 fully saturated rings. The highest BCUT2D eigenvalue weighted by atomic mass is 16.2. The second-order valence-corrected chi connectivity index (χ2v) is 3.67. The first-order valence-electron chi connectivity index (χ1n) is 3.56. The molecule has 1 rings (SSSR count). The van der Waals surface area contributed by atoms with Gasteiger partial charge in [-0.3, -0.25) is 0 Å². The highest BCUT2D eigenvalue weighted by Gasteiger charge is 2.26. The van der Waals surface area contributed by atoms with Crippen LogP contribution in [-0.4, -0.2) is 29.6 Å². The van der Waals surface area contributed by atoms with Crippen LogP contribution >= 0.6 is 0 Å². The molecular formula is C7H14N2O. The van der Waals surface area contributed by atoms with E-state index in [4.69, 9.17) is 0 Å². The van der Waals surface area contributed by atoms with Crippen molar-refractivity contribution in [3.05, 3.63) is 0 Å². The molecule has 3 nitrogen and oxygen atoms in total. The van der Waals surface area contributed by atoms with Crippen LogP contribution in [0.4, 0.5) is 4.79 Å². The van der Waals surface area contributed by atoms with E-state index in [0.717, 1.165) is 13.1 Å². The predicted octanol–water partition coefficient (Wildman–Crippen LogP) is 0.810. The number of hydrogen-bond donors (Lipinski definition) is 1. The summed E-state index contributed by atoms with van der Waals surface area (Å²) in [5.41, 5.74) is -0.0975. The quantitative estimate of drug-likeness (QED) is 0.499. The SMILES string of the molecule is CC(C)(C)NC(=O)N1CC1. The number of rotatable bonds is 0. The van der Waals surface area contributed by atoms with Gasteiger partial charge in [-0.2, -0.15) is 0 Å². The fraction of sp³-hybridized carbons (Fsp3) is 0.857. The molecule has 0 aromatic rings. The molecule has 0 aromatic heterocycles. The second kappa shape index (κ2) is 2.15. The Labute approximate surface area is 61.4 Å². The summed E-state index contributed by atoms with van der Waals surface area (Å²) in [6.45, 7) is 7.78. The number of nitrogens with zero attached hydrogens (tertiary/aromatic N) is 1. The third-order valence-corrected chi connectivity index (χ3v) is 1.22. The van der Waals surface area contributed by atoms with Crippen LogP contribution in [0.5, 0.6) is 0 Å². The number of carbonyl (C=O) groups is 1. The van der Waals surface area contributed by atoms with Crippen LogP contribution in [0.1, 0.15) is 20.8 Å². The van der Waals surface area contributed by atoms with Gasteiger partial charge in [-0.15, -0.1) is 0 Å². The lowest BCUT2D eigenvalue weighted by atomic mass is 10.1. The Morgan fingerprint density at radius 1 is 1.40 bits per heavy atom. The fourth-order valence-electron chi connectivity index (χ4n) is 0.653. The van der Waals surface area contributed by atoms with Gasteiger partial charge < -0.3 is 10.2 Å². The first kappa shape index (κ1) is 7.38. The molecule has 0 radical (unpaired) electrons. The molecule has 1 N–H and O–H groups in total. The molecule has 2 amide bonds. The zero-order valence-electron chi connectivity index (χ0n) is 6.77. The molecule has 1 saturated heterocycles. The molecule has 1 heterocycles. The van der Waals surface area contributed by atoms with E-state index < -0.39 is 0 Å². The smallest absolute Gasteiger partial charge is 0.317 e. The van der Waals surface area contributed by atoms with Crippen molar-refractivity contribution in [2.24, 2.45) is 0 Å². The molecule has 1 aliphatic heterocycles. The molecule has 58 valence electrons. The Balaban J connectivity index is 2.30. The molecule has 0 aromatic carbocycles. The highest BCUT2D eigenvalue weighted by molar-refractivity contribution is 5.76. The summed E-state index contributed by atoms with van der Waals surface area (Å²) in [5, 5.41) is 2.87. The summed E-state index contributed by atoms with van der Waals surface area (Å²) in [4.78, 5) is 12.8. The first-order valence-corrected chi connectivity index (χ1v) is 3.56. The Kier molecular flexibility index (Phi) is 1.58. The van der Waals surface area contributed by atoms with E-state index in [1.54, 1.807) is 4.90 Å². The number of urea groups is 1. The highest BCUT2D eigenvalue weighted by Crippen LogP contribution is 2.06. The van der Waals surface area contributed by atoms with Gasteiger partial charge in [-0.1, -0.05) is 0 Å². The fourth-order valence-corrected chi connectivity index (χ4v) is 0.653. The summed E-state index contributed by atoms with van der Waals surface area (Å²) >= 11 is 0. The largest absolute Gasteiger partial charge is 0.333 e. The van der Waals surface area contributed by atoms with Crippen LogP contribution in [0.3, 0.4) is 0 Å². The van der Waals surface area contributed by atoms with Crippen LogP contribution in [0.25, 0.3) is 0 Å². The van der Waals surface area contributed by atoms with Crippen LogP contribution in [-0.2, 0) is 0 Å². The van der Waals surface area contributed by atoms with Crippen LogP contribution in [0.2, 0.25) is 0 Å². The van der Waals surface area contributed by atoms with Gasteiger partial charge in [-0.25, -0.2) is 4.79 Å². The van der Waals surface area contributed by atoms with Crippen molar-refractivity contribution >= 4 is 6.03 Å². The number of hydrogen-bond acceptors (Lipinski definition) is 1. The number of carbonyl (C=O) groups excluding carboxylic acids is 1. The topological polar surface area (TPSA) is 32.1 Å². The molecule has 10 heavy (non-hydrogen) atoms. The van der Waals surface area contributed by atoms with Gasteiger partial charge in [-0.05, 0) is 20.8 Å². The van der Waals surface area contributed by atoms with Gasteiger partial charge >= 0.3 is 6.03 Å². The Bertz CT molecular complexity index is 144. The summed E-state index contributed by atoms with van der Waals surface area (Å²) < 4.78 is 0. The number of nitrogens with one attached hydrogen (secondary N) is 1. The van der Waals surface area contributed by atoms with Gasteiger partial charge in [0.2, 0.25) is 0 Å². The minimum atomic E-state index is -0.0975. The van der Waals surface area contributed by atoms with E-state index >= 15 is 0 Å². The molecule has 0 spiro atoms. The lowest BCUT2D eigenvalue weighted by molar-refractivity contribution is 0.220. The summed E-state index contributed by atoms with van der Waals surface area (Å²) in [7, 11) is 0. The van der Waals surface area contributed by atoms with Gasteiger partial charge in [0.1, 0.15) is 0 Å². The van der Waals surface area contributed by atoms with Gasteiger partial charge in [0.15, 0.2) is 0 Å². The zero-order chi connectivity index (χ0) is 7.78. The second-order valence-electron chi connectivity index (χ2n) is 3.67. The van der Waals surface area contributed by atoms with Crippen LogP contribution in [0, 0.1) is 0 Å². The average Bonchev–Trinajstić information content (AvgIpc) is 2.35. The minimum absolute atomic E-state index is 0.0625. The maximum Gasteiger partial charge on any atom is 0.317 e. The van der Waals surface area contributed by atoms with E-state index in [1.807, 2.05) is 20.8 Å². The molecule has 0 bridgehead atoms. The van der Waals surface area contributed by atoms with E-state index in [-0.39, 0.29) is 11.6 Å². The van der Waals surface area contributed by atoms with Crippen molar-refractivity contribution in [2.75, 3.05) is 13.1 Å². The third kappa shape index (κ3) is 2.25. The van der Waals surface area contributed by atoms with Crippen molar-refractivity contribution in [1.82, 2.24) is 10.2 Å². The van der Waals surface area contributed by atoms with E-state index in [9.17, 15) is 4.79 Å². The Morgan fingerprint density at radius 3 is 2.20 bits per heavy atom. The summed E-state index contributed by atoms with van der Waals surface area (Å²) in [6, 6.07) is 0.0625. The minimum Gasteiger partial charge on any atom is -0.333 e. The normalized spacial score (nSPS) is 16.9. The number of amides is 2. The van der Waals surface area contributed by atoms with Crippen molar-refractivity contribution in [3.8, 4) is 0 Å². The van der Waals surface area contributed by atoms with Gasteiger partial charge in [0, 0.05) is 18.6 Å². The zero-order valence-corrected chi connectivity index (χ0v) is 6.77. The molecule has 1 aliphatic rings. The van der Waals surface area contributed by atoms with Crippen LogP contribution < -0.4 is 5.32 Å². The maximum atomic E-state index is 11.0. The molecule has 0 atom stereocenters. The summed E-state index contributed by atoms with van der Waals surface area (Å²) in [5.74, 6) is 0. The van der Waals surface area contributed by atoms with E-state index in [0.29, 0.717) is 0 Å². The maximum absolute atomic E-state index is 11.0. The molecule has 3 heteroatoms. The van der Waals surface area contributed by atoms with Crippen molar-refractivity contribution in [3.63, 3.8) is 0 Å². The molecule has 0 unspecified atom stereocenters. The average molecular weight is 142 g/mol. The monoisotopic (exact) mass is 142 g/mol. The molecular weight excluding hydrogens is 128 g/mol. The lowest BCUT2D eigenvalue weighted by Crippen LogP contribution is -2.42. The van der Waals surface area contributed by atoms with E-state index in [1.165, 1.54) is 0 Å². The molecule has 0 saturated carbocycles. The van der Waals surface area contributed by atoms with Crippen LogP contribution in [0.15, 0.2) is 0 Å².